The highest BCUT2D eigenvalue weighted by atomic mass is 16.5. The third kappa shape index (κ3) is 50.3. The summed E-state index contributed by atoms with van der Waals surface area (Å²) in [6.45, 7) is 6.41. The van der Waals surface area contributed by atoms with Crippen LogP contribution < -0.4 is 5.32 Å². The van der Waals surface area contributed by atoms with Gasteiger partial charge in [0, 0.05) is 6.42 Å². The van der Waals surface area contributed by atoms with E-state index in [0.717, 1.165) is 70.6 Å². The summed E-state index contributed by atoms with van der Waals surface area (Å²) < 4.78 is 5.96. The summed E-state index contributed by atoms with van der Waals surface area (Å²) in [5.74, 6) is -0.476. The molecule has 0 aromatic carbocycles. The Kier molecular flexibility index (Phi) is 53.4. The molecule has 0 spiro atoms. The molecule has 0 aromatic rings. The lowest BCUT2D eigenvalue weighted by molar-refractivity contribution is -0.151. The molecule has 0 rings (SSSR count). The van der Waals surface area contributed by atoms with E-state index in [-0.39, 0.29) is 24.9 Å². The number of aliphatic hydroxyl groups is 2. The zero-order chi connectivity index (χ0) is 48.8. The molecule has 0 aromatic heterocycles. The normalized spacial score (nSPS) is 13.3. The van der Waals surface area contributed by atoms with Gasteiger partial charge in [0.2, 0.25) is 5.91 Å². The SMILES string of the molecule is CC/C=C/C/C=C/CCCCCCCC(CC(=O)NC(CO)C(O)CCCCCCCCCCCCCCCCCCC)OC(=O)CCCCCCCCCCC/C=C/CCCCCCCC. The number of ether oxygens (including phenoxy) is 1. The summed E-state index contributed by atoms with van der Waals surface area (Å²) in [4.78, 5) is 26.3. The second kappa shape index (κ2) is 55.0. The zero-order valence-electron chi connectivity index (χ0n) is 45.0. The van der Waals surface area contributed by atoms with Gasteiger partial charge in [-0.2, -0.15) is 0 Å². The molecule has 0 saturated carbocycles. The van der Waals surface area contributed by atoms with Crippen LogP contribution in [0, 0.1) is 0 Å². The molecule has 3 N–H and O–H groups in total. The average molecular weight is 943 g/mol. The van der Waals surface area contributed by atoms with Gasteiger partial charge >= 0.3 is 5.97 Å². The number of hydrogen-bond acceptors (Lipinski definition) is 5. The first-order valence-corrected chi connectivity index (χ1v) is 29.7. The van der Waals surface area contributed by atoms with E-state index in [2.05, 4.69) is 62.5 Å². The lowest BCUT2D eigenvalue weighted by Gasteiger charge is -2.24. The first-order chi connectivity index (χ1) is 33.0. The van der Waals surface area contributed by atoms with Crippen LogP contribution in [0.2, 0.25) is 0 Å². The van der Waals surface area contributed by atoms with E-state index in [1.54, 1.807) is 0 Å². The van der Waals surface area contributed by atoms with Gasteiger partial charge in [-0.3, -0.25) is 9.59 Å². The van der Waals surface area contributed by atoms with Crippen LogP contribution in [-0.4, -0.2) is 46.9 Å². The van der Waals surface area contributed by atoms with Crippen LogP contribution in [0.15, 0.2) is 36.5 Å². The molecule has 3 unspecified atom stereocenters. The fourth-order valence-electron chi connectivity index (χ4n) is 9.23. The Morgan fingerprint density at radius 3 is 1.22 bits per heavy atom. The standard InChI is InChI=1S/C61H115NO5/c1-4-7-10-13-16-19-22-25-27-29-30-32-34-36-39-42-45-48-51-54-61(66)67-57(52-49-46-43-40-37-24-21-18-15-12-9-6-3)55-60(65)62-58(56-63)59(64)53-50-47-44-41-38-35-33-31-28-26-23-20-17-14-11-8-5-2/h9,12,18,21,25,27,57-59,63-64H,4-8,10-11,13-17,19-20,22-24,26,28-56H2,1-3H3,(H,62,65)/b12-9+,21-18+,27-25+. The van der Waals surface area contributed by atoms with Crippen LogP contribution in [0.4, 0.5) is 0 Å². The largest absolute Gasteiger partial charge is 0.462 e. The summed E-state index contributed by atoms with van der Waals surface area (Å²) in [6, 6.07) is -0.705. The van der Waals surface area contributed by atoms with Gasteiger partial charge in [-0.05, 0) is 77.0 Å². The Labute approximate surface area is 417 Å². The highest BCUT2D eigenvalue weighted by Gasteiger charge is 2.24. The van der Waals surface area contributed by atoms with Gasteiger partial charge in [-0.15, -0.1) is 0 Å². The van der Waals surface area contributed by atoms with E-state index < -0.39 is 18.2 Å². The van der Waals surface area contributed by atoms with E-state index in [1.165, 1.54) is 199 Å². The molecular formula is C61H115NO5. The van der Waals surface area contributed by atoms with Crippen molar-refractivity contribution in [2.45, 2.75) is 334 Å². The number of aliphatic hydroxyl groups excluding tert-OH is 2. The number of unbranched alkanes of at least 4 members (excludes halogenated alkanes) is 36. The molecule has 0 aliphatic heterocycles. The van der Waals surface area contributed by atoms with Gasteiger partial charge in [0.1, 0.15) is 6.10 Å². The predicted octanol–water partition coefficient (Wildman–Crippen LogP) is 18.4. The summed E-state index contributed by atoms with van der Waals surface area (Å²) in [5.41, 5.74) is 0. The van der Waals surface area contributed by atoms with Crippen molar-refractivity contribution in [2.75, 3.05) is 6.61 Å². The van der Waals surface area contributed by atoms with Gasteiger partial charge < -0.3 is 20.3 Å². The molecule has 0 radical (unpaired) electrons. The van der Waals surface area contributed by atoms with Crippen molar-refractivity contribution in [1.82, 2.24) is 5.32 Å². The van der Waals surface area contributed by atoms with E-state index in [9.17, 15) is 19.8 Å². The zero-order valence-corrected chi connectivity index (χ0v) is 45.0. The molecule has 0 aliphatic carbocycles. The quantitative estimate of drug-likeness (QED) is 0.0321. The van der Waals surface area contributed by atoms with Crippen molar-refractivity contribution in [3.8, 4) is 0 Å². The molecule has 394 valence electrons. The third-order valence-corrected chi connectivity index (χ3v) is 13.7. The highest BCUT2D eigenvalue weighted by Crippen LogP contribution is 2.19. The van der Waals surface area contributed by atoms with E-state index in [0.29, 0.717) is 19.3 Å². The molecule has 0 fully saturated rings. The number of carbonyl (C=O) groups is 2. The van der Waals surface area contributed by atoms with Gasteiger partial charge in [-0.1, -0.05) is 263 Å². The Hall–Kier alpha value is -1.92. The number of nitrogens with one attached hydrogen (secondary N) is 1. The number of hydrogen-bond donors (Lipinski definition) is 3. The van der Waals surface area contributed by atoms with Crippen molar-refractivity contribution >= 4 is 11.9 Å². The number of allylic oxidation sites excluding steroid dienone is 6. The van der Waals surface area contributed by atoms with Gasteiger partial charge in [0.15, 0.2) is 0 Å². The average Bonchev–Trinajstić information content (AvgIpc) is 3.32. The van der Waals surface area contributed by atoms with Crippen molar-refractivity contribution < 1.29 is 24.5 Å². The van der Waals surface area contributed by atoms with Crippen molar-refractivity contribution in [3.05, 3.63) is 36.5 Å². The topological polar surface area (TPSA) is 95.9 Å². The molecule has 0 aliphatic rings. The molecule has 0 saturated heterocycles. The maximum absolute atomic E-state index is 13.3. The second-order valence-corrected chi connectivity index (χ2v) is 20.4. The Morgan fingerprint density at radius 2 is 0.806 bits per heavy atom. The van der Waals surface area contributed by atoms with Crippen LogP contribution in [0.1, 0.15) is 316 Å². The molecule has 3 atom stereocenters. The maximum atomic E-state index is 13.3. The van der Waals surface area contributed by atoms with Gasteiger partial charge in [0.05, 0.1) is 25.2 Å². The summed E-state index contributed by atoms with van der Waals surface area (Å²) >= 11 is 0. The Bertz CT molecular complexity index is 1100. The molecule has 0 bridgehead atoms. The molecule has 67 heavy (non-hydrogen) atoms. The maximum Gasteiger partial charge on any atom is 0.306 e. The number of carbonyl (C=O) groups excluding carboxylic acids is 2. The minimum Gasteiger partial charge on any atom is -0.462 e. The minimum atomic E-state index is -0.791. The van der Waals surface area contributed by atoms with Gasteiger partial charge in [0.25, 0.3) is 0 Å². The van der Waals surface area contributed by atoms with Crippen LogP contribution in [0.3, 0.4) is 0 Å². The molecule has 6 heteroatoms. The summed E-state index contributed by atoms with van der Waals surface area (Å²) in [7, 11) is 0. The molecular weight excluding hydrogens is 827 g/mol. The van der Waals surface area contributed by atoms with Crippen LogP contribution >= 0.6 is 0 Å². The molecule has 0 heterocycles. The van der Waals surface area contributed by atoms with Crippen LogP contribution in [0.5, 0.6) is 0 Å². The van der Waals surface area contributed by atoms with E-state index >= 15 is 0 Å². The second-order valence-electron chi connectivity index (χ2n) is 20.4. The van der Waals surface area contributed by atoms with Crippen molar-refractivity contribution in [1.29, 1.82) is 0 Å². The van der Waals surface area contributed by atoms with E-state index in [4.69, 9.17) is 4.74 Å². The predicted molar refractivity (Wildman–Crippen MR) is 292 cm³/mol. The smallest absolute Gasteiger partial charge is 0.306 e. The van der Waals surface area contributed by atoms with E-state index in [1.807, 2.05) is 0 Å². The lowest BCUT2D eigenvalue weighted by atomic mass is 10.0. The summed E-state index contributed by atoms with van der Waals surface area (Å²) in [5, 5.41) is 23.9. The van der Waals surface area contributed by atoms with Gasteiger partial charge in [-0.25, -0.2) is 0 Å². The van der Waals surface area contributed by atoms with Crippen molar-refractivity contribution in [2.24, 2.45) is 0 Å². The fraction of sp³-hybridized carbons (Fsp3) is 0.869. The van der Waals surface area contributed by atoms with Crippen molar-refractivity contribution in [3.63, 3.8) is 0 Å². The number of esters is 1. The van der Waals surface area contributed by atoms with Crippen LogP contribution in [0.25, 0.3) is 0 Å². The Morgan fingerprint density at radius 1 is 0.448 bits per heavy atom. The molecule has 6 nitrogen and oxygen atoms in total. The first kappa shape index (κ1) is 65.1. The Balaban J connectivity index is 4.44. The first-order valence-electron chi connectivity index (χ1n) is 29.7. The minimum absolute atomic E-state index is 0.0703. The lowest BCUT2D eigenvalue weighted by Crippen LogP contribution is -2.46. The number of rotatable bonds is 54. The fourth-order valence-corrected chi connectivity index (χ4v) is 9.23. The third-order valence-electron chi connectivity index (χ3n) is 13.7. The summed E-state index contributed by atoms with van der Waals surface area (Å²) in [6.07, 6.45) is 66.5. The van der Waals surface area contributed by atoms with Crippen LogP contribution in [-0.2, 0) is 14.3 Å². The molecule has 1 amide bonds. The number of amides is 1. The monoisotopic (exact) mass is 942 g/mol. The highest BCUT2D eigenvalue weighted by molar-refractivity contribution is 5.77.